The molecule has 0 radical (unpaired) electrons. The van der Waals surface area contributed by atoms with Crippen LogP contribution in [0.25, 0.3) is 0 Å². The first-order valence-electron chi connectivity index (χ1n) is 7.44. The number of benzene rings is 2. The molecular weight excluding hydrogens is 296 g/mol. The highest BCUT2D eigenvalue weighted by atomic mass is 16.7. The summed E-state index contributed by atoms with van der Waals surface area (Å²) in [5.74, 6) is 1.69. The van der Waals surface area contributed by atoms with Gasteiger partial charge in [-0.15, -0.1) is 0 Å². The highest BCUT2D eigenvalue weighted by Crippen LogP contribution is 2.34. The molecule has 5 heteroatoms. The maximum Gasteiger partial charge on any atom is 0.231 e. The van der Waals surface area contributed by atoms with E-state index in [2.05, 4.69) is 0 Å². The van der Waals surface area contributed by atoms with Crippen LogP contribution in [0.3, 0.4) is 0 Å². The molecule has 2 aromatic rings. The molecular formula is C18H18O5. The van der Waals surface area contributed by atoms with Gasteiger partial charge in [-0.05, 0) is 35.7 Å². The van der Waals surface area contributed by atoms with Crippen molar-refractivity contribution in [2.24, 2.45) is 0 Å². The number of hydrogen-bond acceptors (Lipinski definition) is 5. The molecule has 0 saturated carbocycles. The number of rotatable bonds is 5. The number of aromatic hydroxyl groups is 1. The number of methoxy groups -OCH3 is 1. The summed E-state index contributed by atoms with van der Waals surface area (Å²) in [6.45, 7) is 2.17. The van der Waals surface area contributed by atoms with Crippen molar-refractivity contribution in [3.63, 3.8) is 0 Å². The fraction of sp³-hybridized carbons (Fsp3) is 0.278. The van der Waals surface area contributed by atoms with Crippen molar-refractivity contribution in [2.45, 2.75) is 19.8 Å². The standard InChI is InChI=1S/C18H18O5/c1-3-12-8-13(15(20)9-17(12)21-2)14(19)6-11-4-5-16-18(7-11)23-10-22-16/h4-5,7-9,20H,3,6,10H2,1-2H3. The van der Waals surface area contributed by atoms with Crippen LogP contribution in [-0.4, -0.2) is 24.8 Å². The minimum atomic E-state index is -0.154. The van der Waals surface area contributed by atoms with Crippen molar-refractivity contribution in [3.8, 4) is 23.0 Å². The predicted molar refractivity (Wildman–Crippen MR) is 84.6 cm³/mol. The van der Waals surface area contributed by atoms with Gasteiger partial charge in [0, 0.05) is 12.5 Å². The Morgan fingerprint density at radius 1 is 1.22 bits per heavy atom. The molecule has 120 valence electrons. The van der Waals surface area contributed by atoms with E-state index in [-0.39, 0.29) is 24.7 Å². The minimum absolute atomic E-state index is 0.0650. The van der Waals surface area contributed by atoms with E-state index in [4.69, 9.17) is 14.2 Å². The Hall–Kier alpha value is -2.69. The zero-order chi connectivity index (χ0) is 16.4. The van der Waals surface area contributed by atoms with Gasteiger partial charge in [0.1, 0.15) is 11.5 Å². The molecule has 0 spiro atoms. The molecule has 0 aromatic heterocycles. The van der Waals surface area contributed by atoms with Crippen molar-refractivity contribution in [2.75, 3.05) is 13.9 Å². The Balaban J connectivity index is 1.86. The second-order valence-corrected chi connectivity index (χ2v) is 5.32. The summed E-state index contributed by atoms with van der Waals surface area (Å²) in [6.07, 6.45) is 0.896. The van der Waals surface area contributed by atoms with Crippen LogP contribution in [0.1, 0.15) is 28.4 Å². The fourth-order valence-corrected chi connectivity index (χ4v) is 2.64. The molecule has 3 rings (SSSR count). The van der Waals surface area contributed by atoms with Gasteiger partial charge in [0.15, 0.2) is 17.3 Å². The lowest BCUT2D eigenvalue weighted by Crippen LogP contribution is -2.05. The van der Waals surface area contributed by atoms with Crippen LogP contribution in [0.15, 0.2) is 30.3 Å². The van der Waals surface area contributed by atoms with Crippen LogP contribution in [-0.2, 0) is 12.8 Å². The Bertz CT molecular complexity index is 751. The molecule has 1 aliphatic rings. The Morgan fingerprint density at radius 3 is 2.74 bits per heavy atom. The number of phenolic OH excluding ortho intramolecular Hbond substituents is 1. The van der Waals surface area contributed by atoms with E-state index in [1.54, 1.807) is 25.3 Å². The lowest BCUT2D eigenvalue weighted by atomic mass is 9.98. The molecule has 1 N–H and O–H groups in total. The third-order valence-electron chi connectivity index (χ3n) is 3.88. The number of phenols is 1. The second kappa shape index (κ2) is 6.20. The van der Waals surface area contributed by atoms with Gasteiger partial charge in [0.2, 0.25) is 6.79 Å². The third-order valence-corrected chi connectivity index (χ3v) is 3.88. The highest BCUT2D eigenvalue weighted by molar-refractivity contribution is 6.00. The maximum atomic E-state index is 12.5. The number of Topliss-reactive ketones (excluding diaryl/α,β-unsaturated/α-hetero) is 1. The molecule has 0 fully saturated rings. The number of aryl methyl sites for hydroxylation is 1. The molecule has 2 aromatic carbocycles. The number of carbonyl (C=O) groups excluding carboxylic acids is 1. The van der Waals surface area contributed by atoms with Gasteiger partial charge in [-0.1, -0.05) is 13.0 Å². The third kappa shape index (κ3) is 2.95. The van der Waals surface area contributed by atoms with E-state index < -0.39 is 0 Å². The van der Waals surface area contributed by atoms with Crippen molar-refractivity contribution < 1.29 is 24.1 Å². The van der Waals surface area contributed by atoms with Crippen LogP contribution < -0.4 is 14.2 Å². The van der Waals surface area contributed by atoms with E-state index >= 15 is 0 Å². The molecule has 0 bridgehead atoms. The summed E-state index contributed by atoms with van der Waals surface area (Å²) in [7, 11) is 1.54. The summed E-state index contributed by atoms with van der Waals surface area (Å²) < 4.78 is 15.8. The van der Waals surface area contributed by atoms with E-state index in [0.717, 1.165) is 11.1 Å². The van der Waals surface area contributed by atoms with Crippen LogP contribution in [0.2, 0.25) is 0 Å². The van der Waals surface area contributed by atoms with Gasteiger partial charge >= 0.3 is 0 Å². The van der Waals surface area contributed by atoms with Crippen molar-refractivity contribution in [1.82, 2.24) is 0 Å². The molecule has 1 aliphatic heterocycles. The van der Waals surface area contributed by atoms with Crippen LogP contribution >= 0.6 is 0 Å². The Kier molecular flexibility index (Phi) is 4.10. The molecule has 0 saturated heterocycles. The molecule has 0 atom stereocenters. The van der Waals surface area contributed by atoms with Crippen LogP contribution in [0.5, 0.6) is 23.0 Å². The number of ketones is 1. The largest absolute Gasteiger partial charge is 0.507 e. The van der Waals surface area contributed by atoms with Gasteiger partial charge in [-0.3, -0.25) is 4.79 Å². The van der Waals surface area contributed by atoms with Crippen molar-refractivity contribution in [1.29, 1.82) is 0 Å². The minimum Gasteiger partial charge on any atom is -0.507 e. The van der Waals surface area contributed by atoms with Crippen molar-refractivity contribution >= 4 is 5.78 Å². The van der Waals surface area contributed by atoms with Crippen LogP contribution in [0, 0.1) is 0 Å². The first-order valence-corrected chi connectivity index (χ1v) is 7.44. The van der Waals surface area contributed by atoms with E-state index in [0.29, 0.717) is 29.2 Å². The van der Waals surface area contributed by atoms with Gasteiger partial charge in [0.25, 0.3) is 0 Å². The summed E-state index contributed by atoms with van der Waals surface area (Å²) in [5.41, 5.74) is 2.01. The van der Waals surface area contributed by atoms with E-state index in [1.165, 1.54) is 6.07 Å². The number of ether oxygens (including phenoxy) is 3. The van der Waals surface area contributed by atoms with E-state index in [9.17, 15) is 9.90 Å². The Labute approximate surface area is 134 Å². The summed E-state index contributed by atoms with van der Waals surface area (Å²) >= 11 is 0. The highest BCUT2D eigenvalue weighted by Gasteiger charge is 2.18. The summed E-state index contributed by atoms with van der Waals surface area (Å²) in [4.78, 5) is 12.5. The van der Waals surface area contributed by atoms with Gasteiger partial charge in [-0.25, -0.2) is 0 Å². The SMILES string of the molecule is CCc1cc(C(=O)Cc2ccc3c(c2)OCO3)c(O)cc1OC. The van der Waals surface area contributed by atoms with Crippen molar-refractivity contribution in [3.05, 3.63) is 47.0 Å². The Morgan fingerprint density at radius 2 is 2.00 bits per heavy atom. The van der Waals surface area contributed by atoms with Crippen LogP contribution in [0.4, 0.5) is 0 Å². The monoisotopic (exact) mass is 314 g/mol. The molecule has 1 heterocycles. The van der Waals surface area contributed by atoms with E-state index in [1.807, 2.05) is 13.0 Å². The first kappa shape index (κ1) is 15.2. The quantitative estimate of drug-likeness (QED) is 0.859. The molecule has 0 aliphatic carbocycles. The fourth-order valence-electron chi connectivity index (χ4n) is 2.64. The first-order chi connectivity index (χ1) is 11.1. The lowest BCUT2D eigenvalue weighted by molar-refractivity contribution is 0.0990. The zero-order valence-corrected chi connectivity index (χ0v) is 13.1. The molecule has 0 unspecified atom stereocenters. The van der Waals surface area contributed by atoms with Gasteiger partial charge < -0.3 is 19.3 Å². The normalized spacial score (nSPS) is 12.3. The molecule has 5 nitrogen and oxygen atoms in total. The number of fused-ring (bicyclic) bond motifs is 1. The molecule has 23 heavy (non-hydrogen) atoms. The lowest BCUT2D eigenvalue weighted by Gasteiger charge is -2.11. The maximum absolute atomic E-state index is 12.5. The topological polar surface area (TPSA) is 65.0 Å². The number of carbonyl (C=O) groups is 1. The van der Waals surface area contributed by atoms with Gasteiger partial charge in [0.05, 0.1) is 12.7 Å². The predicted octanol–water partition coefficient (Wildman–Crippen LogP) is 3.12. The zero-order valence-electron chi connectivity index (χ0n) is 13.1. The summed E-state index contributed by atoms with van der Waals surface area (Å²) in [6, 6.07) is 8.60. The smallest absolute Gasteiger partial charge is 0.231 e. The number of hydrogen-bond donors (Lipinski definition) is 1. The average Bonchev–Trinajstić information content (AvgIpc) is 3.02. The molecule has 0 amide bonds. The average molecular weight is 314 g/mol. The summed E-state index contributed by atoms with van der Waals surface area (Å²) in [5, 5.41) is 10.1. The van der Waals surface area contributed by atoms with Gasteiger partial charge in [-0.2, -0.15) is 0 Å². The second-order valence-electron chi connectivity index (χ2n) is 5.32.